The van der Waals surface area contributed by atoms with Crippen LogP contribution in [0.3, 0.4) is 0 Å². The van der Waals surface area contributed by atoms with Gasteiger partial charge in [-0.2, -0.15) is 0 Å². The summed E-state index contributed by atoms with van der Waals surface area (Å²) >= 11 is 0. The van der Waals surface area contributed by atoms with Crippen molar-refractivity contribution >= 4 is 11.6 Å². The van der Waals surface area contributed by atoms with E-state index < -0.39 is 6.10 Å². The molecule has 2 heterocycles. The van der Waals surface area contributed by atoms with Crippen LogP contribution >= 0.6 is 0 Å². The smallest absolute Gasteiger partial charge is 0.134 e. The third-order valence-electron chi connectivity index (χ3n) is 5.08. The van der Waals surface area contributed by atoms with Gasteiger partial charge < -0.3 is 15.3 Å². The third-order valence-corrected chi connectivity index (χ3v) is 5.08. The van der Waals surface area contributed by atoms with Crippen molar-refractivity contribution in [3.63, 3.8) is 0 Å². The van der Waals surface area contributed by atoms with Crippen molar-refractivity contribution in [2.45, 2.75) is 24.9 Å². The Balaban J connectivity index is 1.32. The Labute approximate surface area is 158 Å². The minimum atomic E-state index is -0.549. The Bertz CT molecular complexity index is 844. The molecule has 5 nitrogen and oxygen atoms in total. The summed E-state index contributed by atoms with van der Waals surface area (Å²) in [5, 5.41) is 13.5. The van der Waals surface area contributed by atoms with Gasteiger partial charge in [-0.25, -0.2) is 14.4 Å². The average molecular weight is 366 g/mol. The highest BCUT2D eigenvalue weighted by molar-refractivity contribution is 5.52. The van der Waals surface area contributed by atoms with Gasteiger partial charge in [-0.15, -0.1) is 0 Å². The molecule has 1 atom stereocenters. The van der Waals surface area contributed by atoms with Crippen molar-refractivity contribution in [2.24, 2.45) is 0 Å². The molecule has 1 unspecified atom stereocenters. The molecule has 0 bridgehead atoms. The molecular formula is C21H23FN4O. The maximum Gasteiger partial charge on any atom is 0.134 e. The molecule has 1 aliphatic heterocycles. The molecule has 1 aromatic carbocycles. The van der Waals surface area contributed by atoms with E-state index in [1.807, 2.05) is 24.3 Å². The maximum absolute atomic E-state index is 13.0. The van der Waals surface area contributed by atoms with E-state index in [4.69, 9.17) is 0 Å². The number of aliphatic hydroxyl groups excluding tert-OH is 1. The molecule has 0 radical (unpaired) electrons. The zero-order valence-corrected chi connectivity index (χ0v) is 15.1. The van der Waals surface area contributed by atoms with Gasteiger partial charge in [0.25, 0.3) is 0 Å². The molecule has 2 aromatic rings. The van der Waals surface area contributed by atoms with E-state index in [9.17, 15) is 9.50 Å². The van der Waals surface area contributed by atoms with Crippen LogP contribution in [0.5, 0.6) is 0 Å². The molecule has 2 N–H and O–H groups in total. The predicted molar refractivity (Wildman–Crippen MR) is 104 cm³/mol. The fraction of sp³-hybridized carbons (Fsp3) is 0.333. The molecule has 1 fully saturated rings. The van der Waals surface area contributed by atoms with Gasteiger partial charge in [0.2, 0.25) is 0 Å². The first-order valence-corrected chi connectivity index (χ1v) is 9.30. The van der Waals surface area contributed by atoms with Gasteiger partial charge in [0, 0.05) is 31.6 Å². The van der Waals surface area contributed by atoms with Crippen molar-refractivity contribution in [3.8, 4) is 0 Å². The number of benzene rings is 1. The largest absolute Gasteiger partial charge is 0.387 e. The molecule has 140 valence electrons. The number of nitrogens with one attached hydrogen (secondary N) is 1. The van der Waals surface area contributed by atoms with Crippen LogP contribution in [0.15, 0.2) is 60.5 Å². The molecule has 1 aliphatic carbocycles. The second-order valence-corrected chi connectivity index (χ2v) is 7.00. The first-order chi connectivity index (χ1) is 13.2. The number of halogens is 1. The van der Waals surface area contributed by atoms with Crippen LogP contribution in [0.4, 0.5) is 16.0 Å². The van der Waals surface area contributed by atoms with Crippen LogP contribution in [0.1, 0.15) is 24.3 Å². The van der Waals surface area contributed by atoms with Crippen molar-refractivity contribution in [3.05, 3.63) is 71.8 Å². The number of hydrogen-bond donors (Lipinski definition) is 2. The summed E-state index contributed by atoms with van der Waals surface area (Å²) in [6.07, 6.45) is 9.15. The van der Waals surface area contributed by atoms with Crippen LogP contribution in [-0.4, -0.2) is 40.8 Å². The van der Waals surface area contributed by atoms with E-state index in [-0.39, 0.29) is 5.82 Å². The molecule has 0 spiro atoms. The van der Waals surface area contributed by atoms with Crippen molar-refractivity contribution in [1.82, 2.24) is 9.97 Å². The minimum Gasteiger partial charge on any atom is -0.387 e. The summed E-state index contributed by atoms with van der Waals surface area (Å²) in [5.74, 6) is 1.74. The molecule has 0 amide bonds. The van der Waals surface area contributed by atoms with Gasteiger partial charge in [0.05, 0.1) is 6.10 Å². The Morgan fingerprint density at radius 2 is 2.00 bits per heavy atom. The fourth-order valence-corrected chi connectivity index (χ4v) is 3.43. The van der Waals surface area contributed by atoms with Crippen molar-refractivity contribution in [1.29, 1.82) is 0 Å². The van der Waals surface area contributed by atoms with Gasteiger partial charge in [-0.3, -0.25) is 0 Å². The second kappa shape index (κ2) is 7.88. The maximum atomic E-state index is 13.0. The quantitative estimate of drug-likeness (QED) is 0.822. The number of aliphatic hydroxyl groups is 1. The summed E-state index contributed by atoms with van der Waals surface area (Å²) in [4.78, 5) is 10.8. The van der Waals surface area contributed by atoms with Gasteiger partial charge >= 0.3 is 0 Å². The highest BCUT2D eigenvalue weighted by atomic mass is 19.1. The Morgan fingerprint density at radius 3 is 2.74 bits per heavy atom. The Hall–Kier alpha value is -2.73. The lowest BCUT2D eigenvalue weighted by atomic mass is 9.91. The zero-order chi connectivity index (χ0) is 18.6. The summed E-state index contributed by atoms with van der Waals surface area (Å²) in [7, 11) is 0. The summed E-state index contributed by atoms with van der Waals surface area (Å²) in [5.41, 5.74) is 2.10. The van der Waals surface area contributed by atoms with Gasteiger partial charge in [-0.1, -0.05) is 30.4 Å². The molecule has 0 saturated carbocycles. The first kappa shape index (κ1) is 17.7. The molecule has 6 heteroatoms. The lowest BCUT2D eigenvalue weighted by Gasteiger charge is -2.40. The highest BCUT2D eigenvalue weighted by Gasteiger charge is 2.29. The first-order valence-electron chi connectivity index (χ1n) is 9.30. The Kier molecular flexibility index (Phi) is 5.16. The monoisotopic (exact) mass is 366 g/mol. The van der Waals surface area contributed by atoms with Crippen LogP contribution in [0.2, 0.25) is 0 Å². The lowest BCUT2D eigenvalue weighted by molar-refractivity contribution is 0.227. The number of allylic oxidation sites excluding steroid dienone is 2. The van der Waals surface area contributed by atoms with Gasteiger partial charge in [0.15, 0.2) is 0 Å². The van der Waals surface area contributed by atoms with Crippen LogP contribution in [0.25, 0.3) is 0 Å². The minimum absolute atomic E-state index is 0.205. The van der Waals surface area contributed by atoms with E-state index in [2.05, 4.69) is 32.3 Å². The van der Waals surface area contributed by atoms with Gasteiger partial charge in [-0.05, 0) is 36.1 Å². The second-order valence-electron chi connectivity index (χ2n) is 7.00. The molecule has 4 rings (SSSR count). The predicted octanol–water partition coefficient (Wildman–Crippen LogP) is 3.27. The van der Waals surface area contributed by atoms with E-state index in [1.165, 1.54) is 18.5 Å². The Morgan fingerprint density at radius 1 is 1.19 bits per heavy atom. The molecule has 27 heavy (non-hydrogen) atoms. The van der Waals surface area contributed by atoms with E-state index in [0.29, 0.717) is 18.3 Å². The SMILES string of the molecule is OC(CNc1cc(N2CC(c3ccc(F)cc3)C2)ncn1)C1=CCCC=C1. The topological polar surface area (TPSA) is 61.3 Å². The average Bonchev–Trinajstić information content (AvgIpc) is 2.67. The summed E-state index contributed by atoms with van der Waals surface area (Å²) < 4.78 is 13.0. The van der Waals surface area contributed by atoms with Crippen molar-refractivity contribution in [2.75, 3.05) is 29.9 Å². The number of anilines is 2. The number of hydrogen-bond acceptors (Lipinski definition) is 5. The highest BCUT2D eigenvalue weighted by Crippen LogP contribution is 2.31. The number of aromatic nitrogens is 2. The number of nitrogens with zero attached hydrogens (tertiary/aromatic N) is 3. The molecular weight excluding hydrogens is 343 g/mol. The van der Waals surface area contributed by atoms with E-state index >= 15 is 0 Å². The molecule has 2 aliphatic rings. The lowest BCUT2D eigenvalue weighted by Crippen LogP contribution is -2.45. The number of rotatable bonds is 6. The molecule has 1 aromatic heterocycles. The van der Waals surface area contributed by atoms with Crippen LogP contribution in [0, 0.1) is 5.82 Å². The third kappa shape index (κ3) is 4.17. The van der Waals surface area contributed by atoms with E-state index in [0.717, 1.165) is 42.9 Å². The normalized spacial score (nSPS) is 18.0. The fourth-order valence-electron chi connectivity index (χ4n) is 3.43. The van der Waals surface area contributed by atoms with E-state index in [1.54, 1.807) is 0 Å². The zero-order valence-electron chi connectivity index (χ0n) is 15.1. The summed E-state index contributed by atoms with van der Waals surface area (Å²) in [6, 6.07) is 8.61. The summed E-state index contributed by atoms with van der Waals surface area (Å²) in [6.45, 7) is 2.11. The van der Waals surface area contributed by atoms with Crippen LogP contribution < -0.4 is 10.2 Å². The molecule has 1 saturated heterocycles. The van der Waals surface area contributed by atoms with Crippen molar-refractivity contribution < 1.29 is 9.50 Å². The van der Waals surface area contributed by atoms with Gasteiger partial charge in [0.1, 0.15) is 23.8 Å². The van der Waals surface area contributed by atoms with Crippen LogP contribution in [-0.2, 0) is 0 Å². The standard InChI is InChI=1S/C21H23FN4O/c22-18-8-6-15(7-9-18)17-12-26(13-17)21-10-20(24-14-25-21)23-11-19(27)16-4-2-1-3-5-16/h2,4-10,14,17,19,27H,1,3,11-13H2,(H,23,24,25).